The molecule has 1 aromatic carbocycles. The molecule has 0 bridgehead atoms. The third-order valence-electron chi connectivity index (χ3n) is 4.60. The van der Waals surface area contributed by atoms with Crippen LogP contribution in [0.5, 0.6) is 0 Å². The molecule has 0 saturated carbocycles. The van der Waals surface area contributed by atoms with Crippen molar-refractivity contribution in [3.63, 3.8) is 0 Å². The molecule has 1 fully saturated rings. The highest BCUT2D eigenvalue weighted by molar-refractivity contribution is 7.14. The first-order chi connectivity index (χ1) is 11.3. The van der Waals surface area contributed by atoms with E-state index in [1.807, 2.05) is 5.38 Å². The number of nitrogens with one attached hydrogen (secondary N) is 1. The first-order valence-electron chi connectivity index (χ1n) is 8.30. The number of carbonyl (C=O) groups excluding carboxylic acids is 1. The van der Waals surface area contributed by atoms with Gasteiger partial charge in [-0.2, -0.15) is 0 Å². The molecule has 5 heteroatoms. The second-order valence-corrected chi connectivity index (χ2v) is 7.08. The Kier molecular flexibility index (Phi) is 4.14. The Balaban J connectivity index is 1.50. The second kappa shape index (κ2) is 6.42. The Morgan fingerprint density at radius 2 is 2.09 bits per heavy atom. The lowest BCUT2D eigenvalue weighted by molar-refractivity contribution is -0.124. The molecule has 1 atom stereocenters. The van der Waals surface area contributed by atoms with Gasteiger partial charge in [0.05, 0.1) is 5.69 Å². The van der Waals surface area contributed by atoms with E-state index in [1.54, 1.807) is 0 Å². The number of rotatable bonds is 3. The molecular weight excluding hydrogens is 308 g/mol. The van der Waals surface area contributed by atoms with Gasteiger partial charge in [-0.1, -0.05) is 12.1 Å². The fraction of sp³-hybridized carbons (Fsp3) is 0.444. The maximum absolute atomic E-state index is 12.1. The number of fused-ring (bicyclic) bond motifs is 1. The molecule has 4 rings (SSSR count). The summed E-state index contributed by atoms with van der Waals surface area (Å²) in [6.07, 6.45) is 6.36. The zero-order chi connectivity index (χ0) is 15.6. The highest BCUT2D eigenvalue weighted by atomic mass is 32.1. The van der Waals surface area contributed by atoms with Crippen LogP contribution in [0.2, 0.25) is 0 Å². The molecule has 0 radical (unpaired) electrons. The maximum Gasteiger partial charge on any atom is 0.255 e. The number of anilines is 1. The lowest BCUT2D eigenvalue weighted by Crippen LogP contribution is -2.26. The van der Waals surface area contributed by atoms with Gasteiger partial charge in [0.1, 0.15) is 6.10 Å². The standard InChI is InChI=1S/C18H20N2O2S/c21-17(16-6-3-9-22-16)20-18-19-15(11-23-18)14-8-7-12-4-1-2-5-13(12)10-14/h7-8,10-11,16H,1-6,9H2,(H,19,20,21)/t16-/m0/s1. The van der Waals surface area contributed by atoms with Crippen LogP contribution in [0.4, 0.5) is 5.13 Å². The Bertz CT molecular complexity index is 720. The summed E-state index contributed by atoms with van der Waals surface area (Å²) in [5.41, 5.74) is 5.00. The van der Waals surface area contributed by atoms with Crippen LogP contribution < -0.4 is 5.32 Å². The van der Waals surface area contributed by atoms with Gasteiger partial charge in [0.25, 0.3) is 5.91 Å². The third-order valence-corrected chi connectivity index (χ3v) is 5.36. The van der Waals surface area contributed by atoms with Crippen LogP contribution in [0.15, 0.2) is 23.6 Å². The number of hydrogen-bond donors (Lipinski definition) is 1. The summed E-state index contributed by atoms with van der Waals surface area (Å²) < 4.78 is 5.41. The largest absolute Gasteiger partial charge is 0.368 e. The minimum Gasteiger partial charge on any atom is -0.368 e. The number of amides is 1. The average Bonchev–Trinajstić information content (AvgIpc) is 3.26. The lowest BCUT2D eigenvalue weighted by Gasteiger charge is -2.16. The lowest BCUT2D eigenvalue weighted by atomic mass is 9.90. The van der Waals surface area contributed by atoms with Gasteiger partial charge in [0, 0.05) is 17.6 Å². The highest BCUT2D eigenvalue weighted by Gasteiger charge is 2.24. The van der Waals surface area contributed by atoms with Gasteiger partial charge in [0.2, 0.25) is 0 Å². The molecular formula is C18H20N2O2S. The van der Waals surface area contributed by atoms with E-state index in [0.29, 0.717) is 11.7 Å². The molecule has 2 aromatic rings. The van der Waals surface area contributed by atoms with Crippen LogP contribution in [0.3, 0.4) is 0 Å². The van der Waals surface area contributed by atoms with E-state index in [1.165, 1.54) is 41.7 Å². The number of benzene rings is 1. The summed E-state index contributed by atoms with van der Waals surface area (Å²) in [6, 6.07) is 6.63. The van der Waals surface area contributed by atoms with Gasteiger partial charge in [0.15, 0.2) is 5.13 Å². The number of ether oxygens (including phenoxy) is 1. The van der Waals surface area contributed by atoms with Gasteiger partial charge in [-0.15, -0.1) is 11.3 Å². The van der Waals surface area contributed by atoms with Crippen LogP contribution in [-0.4, -0.2) is 23.6 Å². The number of aromatic nitrogens is 1. The highest BCUT2D eigenvalue weighted by Crippen LogP contribution is 2.29. The zero-order valence-corrected chi connectivity index (χ0v) is 13.8. The number of thiazole rings is 1. The topological polar surface area (TPSA) is 51.2 Å². The average molecular weight is 328 g/mol. The van der Waals surface area contributed by atoms with Gasteiger partial charge < -0.3 is 4.74 Å². The number of nitrogens with zero attached hydrogens (tertiary/aromatic N) is 1. The van der Waals surface area contributed by atoms with Crippen molar-refractivity contribution in [2.75, 3.05) is 11.9 Å². The van der Waals surface area contributed by atoms with Crippen molar-refractivity contribution in [2.45, 2.75) is 44.6 Å². The van der Waals surface area contributed by atoms with E-state index in [0.717, 1.165) is 30.5 Å². The van der Waals surface area contributed by atoms with Crippen molar-refractivity contribution in [2.24, 2.45) is 0 Å². The van der Waals surface area contributed by atoms with E-state index in [4.69, 9.17) is 4.74 Å². The van der Waals surface area contributed by atoms with E-state index < -0.39 is 0 Å². The summed E-state index contributed by atoms with van der Waals surface area (Å²) in [4.78, 5) is 16.7. The second-order valence-electron chi connectivity index (χ2n) is 6.22. The van der Waals surface area contributed by atoms with Crippen LogP contribution in [0.25, 0.3) is 11.3 Å². The maximum atomic E-state index is 12.1. The van der Waals surface area contributed by atoms with E-state index in [9.17, 15) is 4.79 Å². The normalized spacial score (nSPS) is 20.3. The van der Waals surface area contributed by atoms with E-state index >= 15 is 0 Å². The SMILES string of the molecule is O=C(Nc1nc(-c2ccc3c(c2)CCCC3)cs1)[C@@H]1CCCO1. The van der Waals surface area contributed by atoms with Crippen molar-refractivity contribution < 1.29 is 9.53 Å². The Morgan fingerprint density at radius 1 is 1.22 bits per heavy atom. The molecule has 2 aliphatic rings. The van der Waals surface area contributed by atoms with Crippen molar-refractivity contribution in [3.8, 4) is 11.3 Å². The summed E-state index contributed by atoms with van der Waals surface area (Å²) in [5.74, 6) is -0.0751. The molecule has 1 aromatic heterocycles. The predicted octanol–water partition coefficient (Wildman–Crippen LogP) is 3.81. The molecule has 0 spiro atoms. The van der Waals surface area contributed by atoms with Gasteiger partial charge in [-0.25, -0.2) is 4.98 Å². The quantitative estimate of drug-likeness (QED) is 0.932. The minimum absolute atomic E-state index is 0.0751. The molecule has 1 saturated heterocycles. The molecule has 1 aliphatic heterocycles. The van der Waals surface area contributed by atoms with Crippen molar-refractivity contribution in [1.82, 2.24) is 4.98 Å². The zero-order valence-electron chi connectivity index (χ0n) is 13.0. The summed E-state index contributed by atoms with van der Waals surface area (Å²) in [7, 11) is 0. The molecule has 120 valence electrons. The van der Waals surface area contributed by atoms with Crippen LogP contribution in [0, 0.1) is 0 Å². The van der Waals surface area contributed by atoms with E-state index in [2.05, 4.69) is 28.5 Å². The van der Waals surface area contributed by atoms with Crippen molar-refractivity contribution in [3.05, 3.63) is 34.7 Å². The van der Waals surface area contributed by atoms with Crippen molar-refractivity contribution in [1.29, 1.82) is 0 Å². The molecule has 4 nitrogen and oxygen atoms in total. The summed E-state index contributed by atoms with van der Waals surface area (Å²) in [6.45, 7) is 0.677. The minimum atomic E-state index is -0.314. The Morgan fingerprint density at radius 3 is 2.91 bits per heavy atom. The molecule has 1 amide bonds. The first kappa shape index (κ1) is 14.8. The molecule has 23 heavy (non-hydrogen) atoms. The molecule has 2 heterocycles. The van der Waals surface area contributed by atoms with Crippen molar-refractivity contribution >= 4 is 22.4 Å². The van der Waals surface area contributed by atoms with Gasteiger partial charge in [-0.3, -0.25) is 10.1 Å². The fourth-order valence-corrected chi connectivity index (χ4v) is 4.05. The Hall–Kier alpha value is -1.72. The molecule has 1 aliphatic carbocycles. The van der Waals surface area contributed by atoms with Crippen LogP contribution in [0.1, 0.15) is 36.8 Å². The first-order valence-corrected chi connectivity index (χ1v) is 9.18. The molecule has 1 N–H and O–H groups in total. The summed E-state index contributed by atoms with van der Waals surface area (Å²) in [5, 5.41) is 5.54. The number of aryl methyl sites for hydroxylation is 2. The third kappa shape index (κ3) is 3.16. The van der Waals surface area contributed by atoms with Crippen LogP contribution >= 0.6 is 11.3 Å². The van der Waals surface area contributed by atoms with Crippen LogP contribution in [-0.2, 0) is 22.4 Å². The Labute approximate surface area is 139 Å². The monoisotopic (exact) mass is 328 g/mol. The van der Waals surface area contributed by atoms with E-state index in [-0.39, 0.29) is 12.0 Å². The summed E-state index contributed by atoms with van der Waals surface area (Å²) >= 11 is 1.47. The molecule has 0 unspecified atom stereocenters. The van der Waals surface area contributed by atoms with Gasteiger partial charge in [-0.05, 0) is 55.7 Å². The predicted molar refractivity (Wildman–Crippen MR) is 91.8 cm³/mol. The number of carbonyl (C=O) groups is 1. The fourth-order valence-electron chi connectivity index (χ4n) is 3.33. The smallest absolute Gasteiger partial charge is 0.255 e. The number of hydrogen-bond acceptors (Lipinski definition) is 4. The van der Waals surface area contributed by atoms with Gasteiger partial charge >= 0.3 is 0 Å².